The topological polar surface area (TPSA) is 58.2 Å². The first-order valence-corrected chi connectivity index (χ1v) is 7.39. The first-order chi connectivity index (χ1) is 9.70. The number of hydrogen-bond donors (Lipinski definition) is 2. The quantitative estimate of drug-likeness (QED) is 0.911. The van der Waals surface area contributed by atoms with Gasteiger partial charge in [-0.15, -0.1) is 0 Å². The zero-order valence-corrected chi connectivity index (χ0v) is 11.6. The Bertz CT molecular complexity index is 650. The minimum absolute atomic E-state index is 0.0248. The molecule has 1 aliphatic heterocycles. The zero-order valence-electron chi connectivity index (χ0n) is 10.8. The normalized spacial score (nSPS) is 13.5. The third-order valence-corrected chi connectivity index (χ3v) is 3.96. The van der Waals surface area contributed by atoms with Gasteiger partial charge in [0.25, 0.3) is 0 Å². The molecule has 0 saturated heterocycles. The van der Waals surface area contributed by atoms with E-state index >= 15 is 0 Å². The number of fused-ring (bicyclic) bond motifs is 1. The summed E-state index contributed by atoms with van der Waals surface area (Å²) in [4.78, 5) is 23.2. The van der Waals surface area contributed by atoms with Gasteiger partial charge in [0.15, 0.2) is 0 Å². The SMILES string of the molecule is O=C(Cc1ccsc1)Nc1ccc2c(c1)CCC(=O)N2. The van der Waals surface area contributed by atoms with Crippen molar-refractivity contribution in [2.24, 2.45) is 0 Å². The van der Waals surface area contributed by atoms with Crippen LogP contribution in [0.5, 0.6) is 0 Å². The lowest BCUT2D eigenvalue weighted by Gasteiger charge is -2.17. The van der Waals surface area contributed by atoms with Gasteiger partial charge in [-0.25, -0.2) is 0 Å². The summed E-state index contributed by atoms with van der Waals surface area (Å²) in [5.41, 5.74) is 3.72. The molecule has 0 radical (unpaired) electrons. The van der Waals surface area contributed by atoms with Gasteiger partial charge in [0.2, 0.25) is 11.8 Å². The third-order valence-electron chi connectivity index (χ3n) is 3.23. The van der Waals surface area contributed by atoms with Gasteiger partial charge >= 0.3 is 0 Å². The Morgan fingerprint density at radius 2 is 2.20 bits per heavy atom. The molecule has 0 saturated carbocycles. The fourth-order valence-electron chi connectivity index (χ4n) is 2.24. The van der Waals surface area contributed by atoms with E-state index in [2.05, 4.69) is 10.6 Å². The molecule has 5 heteroatoms. The second-order valence-corrected chi connectivity index (χ2v) is 5.56. The highest BCUT2D eigenvalue weighted by Gasteiger charge is 2.15. The lowest BCUT2D eigenvalue weighted by Crippen LogP contribution is -2.19. The minimum atomic E-state index is -0.0248. The molecule has 20 heavy (non-hydrogen) atoms. The van der Waals surface area contributed by atoms with Crippen LogP contribution in [0.3, 0.4) is 0 Å². The van der Waals surface area contributed by atoms with Gasteiger partial charge in [-0.1, -0.05) is 0 Å². The highest BCUT2D eigenvalue weighted by molar-refractivity contribution is 7.08. The zero-order chi connectivity index (χ0) is 13.9. The van der Waals surface area contributed by atoms with Gasteiger partial charge in [0.1, 0.15) is 0 Å². The predicted octanol–water partition coefficient (Wildman–Crippen LogP) is 2.81. The van der Waals surface area contributed by atoms with E-state index in [1.807, 2.05) is 35.0 Å². The fourth-order valence-corrected chi connectivity index (χ4v) is 2.91. The predicted molar refractivity (Wildman–Crippen MR) is 80.0 cm³/mol. The molecule has 3 rings (SSSR count). The van der Waals surface area contributed by atoms with Gasteiger partial charge in [-0.3, -0.25) is 9.59 Å². The number of aryl methyl sites for hydroxylation is 1. The molecule has 4 nitrogen and oxygen atoms in total. The van der Waals surface area contributed by atoms with Crippen molar-refractivity contribution in [1.29, 1.82) is 0 Å². The van der Waals surface area contributed by atoms with Crippen molar-refractivity contribution < 1.29 is 9.59 Å². The van der Waals surface area contributed by atoms with Gasteiger partial charge in [0, 0.05) is 17.8 Å². The van der Waals surface area contributed by atoms with E-state index in [1.54, 1.807) is 11.3 Å². The monoisotopic (exact) mass is 286 g/mol. The van der Waals surface area contributed by atoms with Crippen LogP contribution in [-0.2, 0) is 22.4 Å². The number of carbonyl (C=O) groups is 2. The Balaban J connectivity index is 1.69. The molecule has 0 spiro atoms. The molecule has 0 bridgehead atoms. The molecule has 1 aliphatic rings. The van der Waals surface area contributed by atoms with Gasteiger partial charge in [0.05, 0.1) is 6.42 Å². The molecular weight excluding hydrogens is 272 g/mol. The van der Waals surface area contributed by atoms with Gasteiger partial charge in [-0.2, -0.15) is 11.3 Å². The van der Waals surface area contributed by atoms with E-state index in [0.717, 1.165) is 28.9 Å². The Morgan fingerprint density at radius 1 is 1.30 bits per heavy atom. The molecule has 1 aromatic heterocycles. The van der Waals surface area contributed by atoms with Crippen molar-refractivity contribution in [3.63, 3.8) is 0 Å². The van der Waals surface area contributed by atoms with Crippen LogP contribution in [0.15, 0.2) is 35.0 Å². The summed E-state index contributed by atoms with van der Waals surface area (Å²) in [7, 11) is 0. The third kappa shape index (κ3) is 2.88. The Morgan fingerprint density at radius 3 is 3.00 bits per heavy atom. The standard InChI is InChI=1S/C15H14N2O2S/c18-14-4-1-11-8-12(2-3-13(11)17-14)16-15(19)7-10-5-6-20-9-10/h2-3,5-6,8-9H,1,4,7H2,(H,16,19)(H,17,18). The number of anilines is 2. The van der Waals surface area contributed by atoms with Crippen LogP contribution in [0, 0.1) is 0 Å². The van der Waals surface area contributed by atoms with E-state index in [9.17, 15) is 9.59 Å². The molecule has 0 aliphatic carbocycles. The van der Waals surface area contributed by atoms with E-state index in [0.29, 0.717) is 12.8 Å². The first-order valence-electron chi connectivity index (χ1n) is 6.44. The lowest BCUT2D eigenvalue weighted by molar-refractivity contribution is -0.117. The molecule has 2 heterocycles. The fraction of sp³-hybridized carbons (Fsp3) is 0.200. The maximum Gasteiger partial charge on any atom is 0.228 e. The van der Waals surface area contributed by atoms with Crippen molar-refractivity contribution in [2.75, 3.05) is 10.6 Å². The molecule has 102 valence electrons. The summed E-state index contributed by atoms with van der Waals surface area (Å²) >= 11 is 1.59. The number of benzene rings is 1. The number of hydrogen-bond acceptors (Lipinski definition) is 3. The highest BCUT2D eigenvalue weighted by Crippen LogP contribution is 2.25. The highest BCUT2D eigenvalue weighted by atomic mass is 32.1. The summed E-state index contributed by atoms with van der Waals surface area (Å²) < 4.78 is 0. The molecule has 0 fully saturated rings. The first kappa shape index (κ1) is 12.9. The van der Waals surface area contributed by atoms with Crippen LogP contribution in [-0.4, -0.2) is 11.8 Å². The second-order valence-electron chi connectivity index (χ2n) is 4.78. The Labute approximate surface area is 120 Å². The number of rotatable bonds is 3. The van der Waals surface area contributed by atoms with Crippen molar-refractivity contribution in [3.8, 4) is 0 Å². The average Bonchev–Trinajstić information content (AvgIpc) is 2.91. The largest absolute Gasteiger partial charge is 0.326 e. The molecule has 2 amide bonds. The van der Waals surface area contributed by atoms with Crippen molar-refractivity contribution in [3.05, 3.63) is 46.2 Å². The van der Waals surface area contributed by atoms with E-state index in [4.69, 9.17) is 0 Å². The smallest absolute Gasteiger partial charge is 0.228 e. The maximum atomic E-state index is 11.9. The van der Waals surface area contributed by atoms with E-state index < -0.39 is 0 Å². The number of amides is 2. The van der Waals surface area contributed by atoms with Crippen LogP contribution in [0.1, 0.15) is 17.5 Å². The molecule has 0 atom stereocenters. The molecule has 2 N–H and O–H groups in total. The lowest BCUT2D eigenvalue weighted by atomic mass is 10.0. The second kappa shape index (κ2) is 5.46. The van der Waals surface area contributed by atoms with Crippen LogP contribution < -0.4 is 10.6 Å². The summed E-state index contributed by atoms with van der Waals surface area (Å²) in [5, 5.41) is 9.66. The van der Waals surface area contributed by atoms with Crippen molar-refractivity contribution >= 4 is 34.5 Å². The molecule has 1 aromatic carbocycles. The van der Waals surface area contributed by atoms with Crippen LogP contribution >= 0.6 is 11.3 Å². The molecule has 2 aromatic rings. The summed E-state index contributed by atoms with van der Waals surface area (Å²) in [6, 6.07) is 7.54. The summed E-state index contributed by atoms with van der Waals surface area (Å²) in [5.74, 6) is 0.0231. The number of carbonyl (C=O) groups excluding carboxylic acids is 2. The summed E-state index contributed by atoms with van der Waals surface area (Å²) in [6.07, 6.45) is 1.60. The van der Waals surface area contributed by atoms with E-state index in [-0.39, 0.29) is 11.8 Å². The minimum Gasteiger partial charge on any atom is -0.326 e. The molecule has 0 unspecified atom stereocenters. The number of thiophene rings is 1. The van der Waals surface area contributed by atoms with Crippen LogP contribution in [0.2, 0.25) is 0 Å². The Hall–Kier alpha value is -2.14. The van der Waals surface area contributed by atoms with Crippen LogP contribution in [0.4, 0.5) is 11.4 Å². The van der Waals surface area contributed by atoms with Gasteiger partial charge in [-0.05, 0) is 52.6 Å². The summed E-state index contributed by atoms with van der Waals surface area (Å²) in [6.45, 7) is 0. The van der Waals surface area contributed by atoms with Crippen LogP contribution in [0.25, 0.3) is 0 Å². The average molecular weight is 286 g/mol. The number of nitrogens with one attached hydrogen (secondary N) is 2. The van der Waals surface area contributed by atoms with E-state index in [1.165, 1.54) is 0 Å². The van der Waals surface area contributed by atoms with Crippen molar-refractivity contribution in [2.45, 2.75) is 19.3 Å². The molecular formula is C15H14N2O2S. The maximum absolute atomic E-state index is 11.9. The van der Waals surface area contributed by atoms with Crippen molar-refractivity contribution in [1.82, 2.24) is 0 Å². The van der Waals surface area contributed by atoms with Gasteiger partial charge < -0.3 is 10.6 Å². The Kier molecular flexibility index (Phi) is 3.52.